The SMILES string of the molecule is COC(=O)[C@H]1CN(C(=O)CSc2cccc3cccc(Cl)c23)CCS1. The number of rotatable bonds is 4. The van der Waals surface area contributed by atoms with Crippen molar-refractivity contribution in [2.75, 3.05) is 31.7 Å². The van der Waals surface area contributed by atoms with Crippen molar-refractivity contribution < 1.29 is 14.3 Å². The summed E-state index contributed by atoms with van der Waals surface area (Å²) in [7, 11) is 1.38. The minimum atomic E-state index is -0.292. The summed E-state index contributed by atoms with van der Waals surface area (Å²) in [4.78, 5) is 27.0. The predicted molar refractivity (Wildman–Crippen MR) is 105 cm³/mol. The number of amides is 1. The molecule has 0 aromatic heterocycles. The van der Waals surface area contributed by atoms with Crippen molar-refractivity contribution in [2.24, 2.45) is 0 Å². The van der Waals surface area contributed by atoms with E-state index >= 15 is 0 Å². The lowest BCUT2D eigenvalue weighted by atomic mass is 10.1. The van der Waals surface area contributed by atoms with Crippen LogP contribution >= 0.6 is 35.1 Å². The topological polar surface area (TPSA) is 46.6 Å². The molecule has 0 saturated carbocycles. The third kappa shape index (κ3) is 4.25. The number of nitrogens with zero attached hydrogens (tertiary/aromatic N) is 1. The van der Waals surface area contributed by atoms with Gasteiger partial charge < -0.3 is 9.64 Å². The first-order valence-electron chi connectivity index (χ1n) is 7.87. The molecular weight excluding hydrogens is 378 g/mol. The molecule has 7 heteroatoms. The number of esters is 1. The Morgan fingerprint density at radius 3 is 2.84 bits per heavy atom. The van der Waals surface area contributed by atoms with Gasteiger partial charge in [0, 0.05) is 34.1 Å². The molecule has 1 heterocycles. The number of methoxy groups -OCH3 is 1. The van der Waals surface area contributed by atoms with Crippen LogP contribution in [0.3, 0.4) is 0 Å². The molecule has 132 valence electrons. The molecular formula is C18H18ClNO3S2. The molecule has 0 bridgehead atoms. The minimum Gasteiger partial charge on any atom is -0.468 e. The summed E-state index contributed by atoms with van der Waals surface area (Å²) in [5.74, 6) is 0.832. The molecule has 0 spiro atoms. The zero-order chi connectivity index (χ0) is 17.8. The molecule has 1 saturated heterocycles. The summed E-state index contributed by atoms with van der Waals surface area (Å²) in [5.41, 5.74) is 0. The molecule has 1 fully saturated rings. The number of hydrogen-bond donors (Lipinski definition) is 0. The Hall–Kier alpha value is -1.37. The van der Waals surface area contributed by atoms with Gasteiger partial charge in [0.1, 0.15) is 5.25 Å². The fourth-order valence-corrected chi connectivity index (χ4v) is 5.24. The molecule has 1 atom stereocenters. The Bertz CT molecular complexity index is 794. The Kier molecular flexibility index (Phi) is 6.15. The van der Waals surface area contributed by atoms with Crippen LogP contribution < -0.4 is 0 Å². The van der Waals surface area contributed by atoms with E-state index < -0.39 is 0 Å². The van der Waals surface area contributed by atoms with Gasteiger partial charge >= 0.3 is 5.97 Å². The summed E-state index contributed by atoms with van der Waals surface area (Å²) in [6.07, 6.45) is 0. The number of halogens is 1. The minimum absolute atomic E-state index is 0.0308. The number of carbonyl (C=O) groups excluding carboxylic acids is 2. The van der Waals surface area contributed by atoms with E-state index in [1.165, 1.54) is 18.9 Å². The van der Waals surface area contributed by atoms with Gasteiger partial charge in [-0.1, -0.05) is 35.9 Å². The molecule has 3 rings (SSSR count). The summed E-state index contributed by atoms with van der Waals surface area (Å²) < 4.78 is 4.79. The van der Waals surface area contributed by atoms with Gasteiger partial charge in [-0.2, -0.15) is 0 Å². The summed E-state index contributed by atoms with van der Waals surface area (Å²) >= 11 is 9.36. The largest absolute Gasteiger partial charge is 0.468 e. The van der Waals surface area contributed by atoms with E-state index in [2.05, 4.69) is 0 Å². The quantitative estimate of drug-likeness (QED) is 0.583. The smallest absolute Gasteiger partial charge is 0.320 e. The van der Waals surface area contributed by atoms with Gasteiger partial charge in [-0.05, 0) is 17.5 Å². The van der Waals surface area contributed by atoms with E-state index in [4.69, 9.17) is 16.3 Å². The van der Waals surface area contributed by atoms with Crippen LogP contribution in [0.4, 0.5) is 0 Å². The van der Waals surface area contributed by atoms with E-state index in [-0.39, 0.29) is 17.1 Å². The number of hydrogen-bond acceptors (Lipinski definition) is 5. The maximum atomic E-state index is 12.6. The van der Waals surface area contributed by atoms with Crippen LogP contribution in [0.5, 0.6) is 0 Å². The van der Waals surface area contributed by atoms with E-state index in [1.807, 2.05) is 36.4 Å². The normalized spacial score (nSPS) is 17.5. The zero-order valence-electron chi connectivity index (χ0n) is 13.7. The van der Waals surface area contributed by atoms with Gasteiger partial charge in [-0.25, -0.2) is 0 Å². The third-order valence-corrected chi connectivity index (χ3v) is 6.57. The van der Waals surface area contributed by atoms with Crippen LogP contribution in [0, 0.1) is 0 Å². The van der Waals surface area contributed by atoms with Gasteiger partial charge in [0.05, 0.1) is 12.9 Å². The molecule has 1 aliphatic heterocycles. The highest BCUT2D eigenvalue weighted by molar-refractivity contribution is 8.00. The van der Waals surface area contributed by atoms with Gasteiger partial charge in [0.25, 0.3) is 0 Å². The molecule has 0 radical (unpaired) electrons. The Morgan fingerprint density at radius 2 is 2.08 bits per heavy atom. The maximum Gasteiger partial charge on any atom is 0.320 e. The fraction of sp³-hybridized carbons (Fsp3) is 0.333. The van der Waals surface area contributed by atoms with E-state index in [1.54, 1.807) is 16.7 Å². The lowest BCUT2D eigenvalue weighted by Gasteiger charge is -2.31. The van der Waals surface area contributed by atoms with Crippen molar-refractivity contribution in [1.82, 2.24) is 4.90 Å². The van der Waals surface area contributed by atoms with Crippen molar-refractivity contribution in [3.05, 3.63) is 41.4 Å². The van der Waals surface area contributed by atoms with Crippen molar-refractivity contribution >= 4 is 57.8 Å². The Labute approximate surface area is 160 Å². The Morgan fingerprint density at radius 1 is 1.32 bits per heavy atom. The third-order valence-electron chi connectivity index (χ3n) is 4.05. The number of carbonyl (C=O) groups is 2. The second-order valence-corrected chi connectivity index (χ2v) is 8.34. The van der Waals surface area contributed by atoms with Gasteiger partial charge in [-0.15, -0.1) is 23.5 Å². The van der Waals surface area contributed by atoms with Gasteiger partial charge in [0.2, 0.25) is 5.91 Å². The van der Waals surface area contributed by atoms with Crippen molar-refractivity contribution in [1.29, 1.82) is 0 Å². The number of benzene rings is 2. The molecule has 2 aromatic rings. The zero-order valence-corrected chi connectivity index (χ0v) is 16.1. The maximum absolute atomic E-state index is 12.6. The average Bonchev–Trinajstić information content (AvgIpc) is 2.65. The monoisotopic (exact) mass is 395 g/mol. The highest BCUT2D eigenvalue weighted by atomic mass is 35.5. The van der Waals surface area contributed by atoms with Crippen molar-refractivity contribution in [2.45, 2.75) is 10.1 Å². The van der Waals surface area contributed by atoms with Crippen molar-refractivity contribution in [3.8, 4) is 0 Å². The number of ether oxygens (including phenoxy) is 1. The van der Waals surface area contributed by atoms with Gasteiger partial charge in [-0.3, -0.25) is 9.59 Å². The lowest BCUT2D eigenvalue weighted by Crippen LogP contribution is -2.45. The van der Waals surface area contributed by atoms with Crippen LogP contribution in [0.1, 0.15) is 0 Å². The van der Waals surface area contributed by atoms with Crippen LogP contribution in [-0.4, -0.2) is 53.7 Å². The fourth-order valence-electron chi connectivity index (χ4n) is 2.76. The average molecular weight is 396 g/mol. The molecule has 4 nitrogen and oxygen atoms in total. The molecule has 25 heavy (non-hydrogen) atoms. The summed E-state index contributed by atoms with van der Waals surface area (Å²) in [6.45, 7) is 1.07. The van der Waals surface area contributed by atoms with E-state index in [0.717, 1.165) is 21.4 Å². The van der Waals surface area contributed by atoms with E-state index in [0.29, 0.717) is 23.9 Å². The highest BCUT2D eigenvalue weighted by Gasteiger charge is 2.29. The van der Waals surface area contributed by atoms with E-state index in [9.17, 15) is 9.59 Å². The molecule has 1 aliphatic rings. The predicted octanol–water partition coefficient (Wildman–Crippen LogP) is 3.70. The molecule has 0 aliphatic carbocycles. The summed E-state index contributed by atoms with van der Waals surface area (Å²) in [6, 6.07) is 11.7. The lowest BCUT2D eigenvalue weighted by molar-refractivity contribution is -0.141. The first kappa shape index (κ1) is 18.4. The first-order chi connectivity index (χ1) is 12.1. The van der Waals surface area contributed by atoms with Gasteiger partial charge in [0.15, 0.2) is 0 Å². The second kappa shape index (κ2) is 8.34. The second-order valence-electron chi connectivity index (χ2n) is 5.61. The number of fused-ring (bicyclic) bond motifs is 1. The standard InChI is InChI=1S/C18H18ClNO3S2/c1-23-18(22)15-10-20(8-9-24-15)16(21)11-25-14-7-3-5-12-4-2-6-13(19)17(12)14/h2-7,15H,8-11H2,1H3/t15-/m1/s1. The highest BCUT2D eigenvalue weighted by Crippen LogP contribution is 2.33. The van der Waals surface area contributed by atoms with Crippen molar-refractivity contribution in [3.63, 3.8) is 0 Å². The molecule has 0 N–H and O–H groups in total. The first-order valence-corrected chi connectivity index (χ1v) is 10.3. The Balaban J connectivity index is 1.68. The number of thioether (sulfide) groups is 2. The summed E-state index contributed by atoms with van der Waals surface area (Å²) in [5, 5.41) is 2.43. The van der Waals surface area contributed by atoms with Crippen LogP contribution in [0.25, 0.3) is 10.8 Å². The molecule has 2 aromatic carbocycles. The molecule has 0 unspecified atom stereocenters. The van der Waals surface area contributed by atoms with Crippen LogP contribution in [0.2, 0.25) is 5.02 Å². The molecule has 1 amide bonds. The van der Waals surface area contributed by atoms with Crippen LogP contribution in [0.15, 0.2) is 41.3 Å². The van der Waals surface area contributed by atoms with Crippen LogP contribution in [-0.2, 0) is 14.3 Å².